The van der Waals surface area contributed by atoms with E-state index in [-0.39, 0.29) is 0 Å². The Balaban J connectivity index is 1.97. The molecule has 1 N–H and O–H groups in total. The molecule has 2 saturated heterocycles. The molecule has 2 unspecified atom stereocenters. The minimum atomic E-state index is 0.315. The van der Waals surface area contributed by atoms with Gasteiger partial charge in [0, 0.05) is 45.2 Å². The molecule has 2 aliphatic rings. The van der Waals surface area contributed by atoms with Crippen LogP contribution in [0, 0.1) is 11.3 Å². The van der Waals surface area contributed by atoms with Crippen LogP contribution in [-0.4, -0.2) is 53.7 Å². The summed E-state index contributed by atoms with van der Waals surface area (Å²) in [5.74, 6) is 1.06. The average molecular weight is 385 g/mol. The van der Waals surface area contributed by atoms with Crippen molar-refractivity contribution in [1.82, 2.24) is 9.80 Å². The fourth-order valence-electron chi connectivity index (χ4n) is 4.58. The van der Waals surface area contributed by atoms with Crippen LogP contribution in [0.2, 0.25) is 0 Å². The van der Waals surface area contributed by atoms with E-state index in [0.717, 1.165) is 13.0 Å². The van der Waals surface area contributed by atoms with Gasteiger partial charge in [-0.15, -0.1) is 6.58 Å². The van der Waals surface area contributed by atoms with E-state index in [0.29, 0.717) is 29.6 Å². The quantitative estimate of drug-likeness (QED) is 0.340. The molecule has 2 fully saturated rings. The molecule has 0 aromatic rings. The van der Waals surface area contributed by atoms with E-state index in [1.165, 1.54) is 38.2 Å². The summed E-state index contributed by atoms with van der Waals surface area (Å²) < 4.78 is 0. The van der Waals surface area contributed by atoms with Crippen molar-refractivity contribution < 1.29 is 5.11 Å². The number of piperazine rings is 1. The fraction of sp³-hybridized carbons (Fsp3) is 0.600. The van der Waals surface area contributed by atoms with Gasteiger partial charge >= 0.3 is 0 Å². The summed E-state index contributed by atoms with van der Waals surface area (Å²) in [5.41, 5.74) is 1.73. The number of aliphatic hydroxyl groups excluding tert-OH is 1. The van der Waals surface area contributed by atoms with Crippen LogP contribution in [0.1, 0.15) is 47.0 Å². The zero-order chi connectivity index (χ0) is 20.6. The number of hydrogen-bond donors (Lipinski definition) is 1. The Hall–Kier alpha value is -1.58. The molecular formula is C25H40N2O. The first-order valence-corrected chi connectivity index (χ1v) is 10.8. The van der Waals surface area contributed by atoms with Crippen LogP contribution in [0.4, 0.5) is 0 Å². The maximum Gasteiger partial charge on any atom is 0.0959 e. The highest BCUT2D eigenvalue weighted by molar-refractivity contribution is 5.19. The molecule has 3 nitrogen and oxygen atoms in total. The SMILES string of the molecule is C=CC/C(O)=C\C=C/C[C@]1(C)CC2CN(CC(/C=C\C)=C/C)CCN2CC1C. The predicted molar refractivity (Wildman–Crippen MR) is 122 cm³/mol. The molecule has 156 valence electrons. The molecule has 3 heteroatoms. The van der Waals surface area contributed by atoms with Crippen LogP contribution in [0.15, 0.2) is 60.4 Å². The van der Waals surface area contributed by atoms with Crippen molar-refractivity contribution in [2.45, 2.75) is 53.0 Å². The lowest BCUT2D eigenvalue weighted by Crippen LogP contribution is -2.60. The van der Waals surface area contributed by atoms with Gasteiger partial charge in [-0.3, -0.25) is 9.80 Å². The second-order valence-corrected chi connectivity index (χ2v) is 8.79. The first-order chi connectivity index (χ1) is 13.4. The second-order valence-electron chi connectivity index (χ2n) is 8.79. The Bertz CT molecular complexity index is 630. The maximum atomic E-state index is 9.73. The van der Waals surface area contributed by atoms with Crippen molar-refractivity contribution in [2.24, 2.45) is 11.3 Å². The van der Waals surface area contributed by atoms with Crippen molar-refractivity contribution in [1.29, 1.82) is 0 Å². The number of allylic oxidation sites excluding steroid dienone is 6. The van der Waals surface area contributed by atoms with Gasteiger partial charge in [-0.05, 0) is 49.7 Å². The molecule has 3 atom stereocenters. The van der Waals surface area contributed by atoms with Crippen LogP contribution in [-0.2, 0) is 0 Å². The van der Waals surface area contributed by atoms with Crippen molar-refractivity contribution in [3.8, 4) is 0 Å². The first-order valence-electron chi connectivity index (χ1n) is 10.8. The zero-order valence-electron chi connectivity index (χ0n) is 18.4. The summed E-state index contributed by atoms with van der Waals surface area (Å²) in [5, 5.41) is 9.73. The molecular weight excluding hydrogens is 344 g/mol. The molecule has 0 aromatic heterocycles. The molecule has 2 aliphatic heterocycles. The van der Waals surface area contributed by atoms with Gasteiger partial charge in [0.25, 0.3) is 0 Å². The Morgan fingerprint density at radius 3 is 2.71 bits per heavy atom. The first kappa shape index (κ1) is 22.7. The lowest BCUT2D eigenvalue weighted by molar-refractivity contribution is -0.0291. The molecule has 2 rings (SSSR count). The van der Waals surface area contributed by atoms with E-state index in [9.17, 15) is 5.11 Å². The molecule has 0 bridgehead atoms. The molecule has 0 saturated carbocycles. The third-order valence-corrected chi connectivity index (χ3v) is 6.61. The van der Waals surface area contributed by atoms with Crippen molar-refractivity contribution >= 4 is 0 Å². The smallest absolute Gasteiger partial charge is 0.0959 e. The highest BCUT2D eigenvalue weighted by atomic mass is 16.3. The second kappa shape index (κ2) is 10.8. The van der Waals surface area contributed by atoms with Crippen LogP contribution in [0.25, 0.3) is 0 Å². The third kappa shape index (κ3) is 6.22. The van der Waals surface area contributed by atoms with Gasteiger partial charge in [0.05, 0.1) is 5.76 Å². The number of nitrogens with zero attached hydrogens (tertiary/aromatic N) is 2. The van der Waals surface area contributed by atoms with Crippen LogP contribution in [0.5, 0.6) is 0 Å². The topological polar surface area (TPSA) is 26.7 Å². The van der Waals surface area contributed by atoms with Gasteiger partial charge in [-0.25, -0.2) is 0 Å². The Labute approximate surface area is 172 Å². The minimum Gasteiger partial charge on any atom is -0.512 e. The van der Waals surface area contributed by atoms with E-state index in [1.807, 2.05) is 6.08 Å². The standard InChI is InChI=1S/C25H40N2O/c1-6-11-22(8-3)19-26-15-16-27-18-21(4)25(5,17-23(27)20-26)14-10-9-13-24(28)12-7-2/h6-11,13,21,23,28H,2,12,14-20H2,1,3-5H3/b10-9-,11-6-,22-8+,24-13+/t21?,23?,25-/m1/s1. The van der Waals surface area contributed by atoms with Gasteiger partial charge in [0.15, 0.2) is 0 Å². The molecule has 0 aromatic carbocycles. The van der Waals surface area contributed by atoms with E-state index in [1.54, 1.807) is 12.2 Å². The lowest BCUT2D eigenvalue weighted by atomic mass is 9.67. The summed E-state index contributed by atoms with van der Waals surface area (Å²) in [6.07, 6.45) is 17.2. The monoisotopic (exact) mass is 384 g/mol. The fourth-order valence-corrected chi connectivity index (χ4v) is 4.58. The number of piperidine rings is 1. The lowest BCUT2D eigenvalue weighted by Gasteiger charge is -2.53. The Morgan fingerprint density at radius 1 is 1.25 bits per heavy atom. The van der Waals surface area contributed by atoms with E-state index in [4.69, 9.17) is 0 Å². The van der Waals surface area contributed by atoms with Crippen molar-refractivity contribution in [3.05, 3.63) is 60.4 Å². The van der Waals surface area contributed by atoms with Crippen molar-refractivity contribution in [2.75, 3.05) is 32.7 Å². The average Bonchev–Trinajstić information content (AvgIpc) is 2.66. The summed E-state index contributed by atoms with van der Waals surface area (Å²) in [4.78, 5) is 5.34. The molecule has 28 heavy (non-hydrogen) atoms. The normalized spacial score (nSPS) is 30.9. The molecule has 0 amide bonds. The van der Waals surface area contributed by atoms with Gasteiger partial charge in [-0.1, -0.05) is 50.3 Å². The third-order valence-electron chi connectivity index (χ3n) is 6.61. The number of hydrogen-bond acceptors (Lipinski definition) is 3. The number of fused-ring (bicyclic) bond motifs is 1. The minimum absolute atomic E-state index is 0.315. The van der Waals surface area contributed by atoms with Crippen LogP contribution >= 0.6 is 0 Å². The summed E-state index contributed by atoms with van der Waals surface area (Å²) >= 11 is 0. The summed E-state index contributed by atoms with van der Waals surface area (Å²) in [6.45, 7) is 18.5. The molecule has 0 aliphatic carbocycles. The van der Waals surface area contributed by atoms with Gasteiger partial charge < -0.3 is 5.11 Å². The van der Waals surface area contributed by atoms with E-state index >= 15 is 0 Å². The van der Waals surface area contributed by atoms with E-state index < -0.39 is 0 Å². The molecule has 0 spiro atoms. The molecule has 2 heterocycles. The number of rotatable bonds is 8. The van der Waals surface area contributed by atoms with E-state index in [2.05, 4.69) is 68.4 Å². The predicted octanol–water partition coefficient (Wildman–Crippen LogP) is 5.51. The Kier molecular flexibility index (Phi) is 8.78. The van der Waals surface area contributed by atoms with Gasteiger partial charge in [-0.2, -0.15) is 0 Å². The number of aliphatic hydroxyl groups is 1. The largest absolute Gasteiger partial charge is 0.512 e. The van der Waals surface area contributed by atoms with Gasteiger partial charge in [0.1, 0.15) is 0 Å². The highest BCUT2D eigenvalue weighted by Gasteiger charge is 2.42. The zero-order valence-corrected chi connectivity index (χ0v) is 18.4. The maximum absolute atomic E-state index is 9.73. The summed E-state index contributed by atoms with van der Waals surface area (Å²) in [6, 6.07) is 0.650. The van der Waals surface area contributed by atoms with Crippen LogP contribution in [0.3, 0.4) is 0 Å². The van der Waals surface area contributed by atoms with Crippen LogP contribution < -0.4 is 0 Å². The van der Waals surface area contributed by atoms with Gasteiger partial charge in [0.2, 0.25) is 0 Å². The highest BCUT2D eigenvalue weighted by Crippen LogP contribution is 2.43. The summed E-state index contributed by atoms with van der Waals surface area (Å²) in [7, 11) is 0. The molecule has 0 radical (unpaired) electrons. The van der Waals surface area contributed by atoms with Crippen molar-refractivity contribution in [3.63, 3.8) is 0 Å². The Morgan fingerprint density at radius 2 is 2.04 bits per heavy atom.